The maximum absolute atomic E-state index is 12.8. The van der Waals surface area contributed by atoms with Gasteiger partial charge in [0.2, 0.25) is 5.91 Å². The van der Waals surface area contributed by atoms with Crippen molar-refractivity contribution in [3.63, 3.8) is 0 Å². The highest BCUT2D eigenvalue weighted by Crippen LogP contribution is 2.63. The third-order valence-electron chi connectivity index (χ3n) is 6.54. The fraction of sp³-hybridized carbons (Fsp3) is 0.722. The first-order chi connectivity index (χ1) is 11.5. The number of piperidine rings is 1. The molecule has 6 nitrogen and oxygen atoms in total. The number of carbonyl (C=O) groups is 2. The van der Waals surface area contributed by atoms with Crippen molar-refractivity contribution in [3.8, 4) is 0 Å². The van der Waals surface area contributed by atoms with Crippen LogP contribution in [0.1, 0.15) is 50.5 Å². The van der Waals surface area contributed by atoms with Gasteiger partial charge in [-0.15, -0.1) is 0 Å². The van der Waals surface area contributed by atoms with Gasteiger partial charge in [-0.3, -0.25) is 9.48 Å². The number of hydrogen-bond acceptors (Lipinski definition) is 3. The molecule has 3 aliphatic rings. The Morgan fingerprint density at radius 1 is 1.21 bits per heavy atom. The predicted molar refractivity (Wildman–Crippen MR) is 87.4 cm³/mol. The van der Waals surface area contributed by atoms with Crippen LogP contribution in [-0.4, -0.2) is 44.8 Å². The van der Waals surface area contributed by atoms with Gasteiger partial charge in [0, 0.05) is 38.0 Å². The summed E-state index contributed by atoms with van der Waals surface area (Å²) in [5.41, 5.74) is 0.243. The molecular weight excluding hydrogens is 306 g/mol. The molecule has 4 rings (SSSR count). The van der Waals surface area contributed by atoms with E-state index in [0.29, 0.717) is 31.3 Å². The zero-order chi connectivity index (χ0) is 16.9. The summed E-state index contributed by atoms with van der Waals surface area (Å²) >= 11 is 0. The lowest BCUT2D eigenvalue weighted by atomic mass is 9.87. The number of likely N-dealkylation sites (tertiary alicyclic amines) is 1. The average Bonchev–Trinajstić information content (AvgIpc) is 2.87. The van der Waals surface area contributed by atoms with E-state index in [4.69, 9.17) is 0 Å². The van der Waals surface area contributed by atoms with Crippen molar-refractivity contribution in [1.29, 1.82) is 0 Å². The van der Waals surface area contributed by atoms with Gasteiger partial charge < -0.3 is 10.0 Å². The standard InChI is InChI=1S/C18H25N3O3/c1-13-11-19-21(12-13)18(16(23)24)6-8-20(9-7-18)15(22)14-10-17(14)4-2-3-5-17/h11-12,14H,2-10H2,1H3,(H,23,24). The Balaban J connectivity index is 1.45. The van der Waals surface area contributed by atoms with Crippen molar-refractivity contribution < 1.29 is 14.7 Å². The molecule has 1 N–H and O–H groups in total. The molecule has 2 aliphatic carbocycles. The zero-order valence-electron chi connectivity index (χ0n) is 14.2. The largest absolute Gasteiger partial charge is 0.479 e. The molecule has 1 amide bonds. The van der Waals surface area contributed by atoms with Crippen LogP contribution in [0.2, 0.25) is 0 Å². The Morgan fingerprint density at radius 2 is 1.88 bits per heavy atom. The Bertz CT molecular complexity index is 667. The topological polar surface area (TPSA) is 75.4 Å². The van der Waals surface area contributed by atoms with E-state index in [0.717, 1.165) is 12.0 Å². The number of hydrogen-bond donors (Lipinski definition) is 1. The van der Waals surface area contributed by atoms with E-state index in [1.54, 1.807) is 17.1 Å². The number of aromatic nitrogens is 2. The van der Waals surface area contributed by atoms with Crippen molar-refractivity contribution in [3.05, 3.63) is 18.0 Å². The van der Waals surface area contributed by atoms with Crippen LogP contribution in [0, 0.1) is 18.3 Å². The van der Waals surface area contributed by atoms with Gasteiger partial charge in [0.25, 0.3) is 0 Å². The second-order valence-electron chi connectivity index (χ2n) is 7.95. The van der Waals surface area contributed by atoms with E-state index in [2.05, 4.69) is 5.10 Å². The maximum atomic E-state index is 12.8. The summed E-state index contributed by atoms with van der Waals surface area (Å²) in [6, 6.07) is 0. The van der Waals surface area contributed by atoms with E-state index >= 15 is 0 Å². The van der Waals surface area contributed by atoms with Gasteiger partial charge in [0.1, 0.15) is 0 Å². The summed E-state index contributed by atoms with van der Waals surface area (Å²) in [4.78, 5) is 26.6. The molecule has 2 heterocycles. The molecule has 24 heavy (non-hydrogen) atoms. The molecule has 1 unspecified atom stereocenters. The van der Waals surface area contributed by atoms with E-state index in [-0.39, 0.29) is 11.8 Å². The lowest BCUT2D eigenvalue weighted by Gasteiger charge is -2.39. The van der Waals surface area contributed by atoms with Crippen LogP contribution in [0.5, 0.6) is 0 Å². The monoisotopic (exact) mass is 331 g/mol. The van der Waals surface area contributed by atoms with Crippen molar-refractivity contribution in [2.75, 3.05) is 13.1 Å². The van der Waals surface area contributed by atoms with E-state index < -0.39 is 11.5 Å². The molecule has 1 atom stereocenters. The molecule has 0 bridgehead atoms. The number of carbonyl (C=O) groups excluding carboxylic acids is 1. The lowest BCUT2D eigenvalue weighted by Crippen LogP contribution is -2.53. The van der Waals surface area contributed by atoms with Crippen LogP contribution in [-0.2, 0) is 15.1 Å². The highest BCUT2D eigenvalue weighted by atomic mass is 16.4. The number of aliphatic carboxylic acids is 1. The molecule has 3 fully saturated rings. The highest BCUT2D eigenvalue weighted by Gasteiger charge is 2.60. The second kappa shape index (κ2) is 5.33. The van der Waals surface area contributed by atoms with Gasteiger partial charge in [0.05, 0.1) is 6.20 Å². The summed E-state index contributed by atoms with van der Waals surface area (Å²) in [7, 11) is 0. The van der Waals surface area contributed by atoms with Gasteiger partial charge in [-0.1, -0.05) is 12.8 Å². The molecule has 1 saturated heterocycles. The summed E-state index contributed by atoms with van der Waals surface area (Å²) in [5, 5.41) is 14.0. The smallest absolute Gasteiger partial charge is 0.331 e. The van der Waals surface area contributed by atoms with E-state index in [9.17, 15) is 14.7 Å². The van der Waals surface area contributed by atoms with Crippen LogP contribution in [0.15, 0.2) is 12.4 Å². The third kappa shape index (κ3) is 2.26. The first-order valence-corrected chi connectivity index (χ1v) is 9.01. The number of carboxylic acids is 1. The Hall–Kier alpha value is -1.85. The first-order valence-electron chi connectivity index (χ1n) is 9.01. The minimum atomic E-state index is -1.01. The fourth-order valence-electron chi connectivity index (χ4n) is 4.83. The molecule has 6 heteroatoms. The van der Waals surface area contributed by atoms with Crippen molar-refractivity contribution >= 4 is 11.9 Å². The molecule has 1 spiro atoms. The van der Waals surface area contributed by atoms with Crippen molar-refractivity contribution in [2.24, 2.45) is 11.3 Å². The molecule has 2 saturated carbocycles. The molecular formula is C18H25N3O3. The summed E-state index contributed by atoms with van der Waals surface area (Å²) in [5.74, 6) is -0.395. The molecule has 0 aromatic carbocycles. The lowest BCUT2D eigenvalue weighted by molar-refractivity contribution is -0.153. The van der Waals surface area contributed by atoms with Crippen molar-refractivity contribution in [2.45, 2.75) is 57.4 Å². The number of aryl methyl sites for hydroxylation is 1. The summed E-state index contributed by atoms with van der Waals surface area (Å²) in [6.07, 6.45) is 10.3. The zero-order valence-corrected chi connectivity index (χ0v) is 14.2. The SMILES string of the molecule is Cc1cnn(C2(C(=O)O)CCN(C(=O)C3CC34CCCC4)CC2)c1. The minimum Gasteiger partial charge on any atom is -0.479 e. The van der Waals surface area contributed by atoms with Crippen LogP contribution in [0.4, 0.5) is 0 Å². The predicted octanol–water partition coefficient (Wildman–Crippen LogP) is 2.17. The maximum Gasteiger partial charge on any atom is 0.331 e. The van der Waals surface area contributed by atoms with Gasteiger partial charge in [-0.25, -0.2) is 4.79 Å². The van der Waals surface area contributed by atoms with Gasteiger partial charge in [-0.2, -0.15) is 5.10 Å². The first kappa shape index (κ1) is 15.7. The van der Waals surface area contributed by atoms with Crippen LogP contribution in [0.3, 0.4) is 0 Å². The number of nitrogens with zero attached hydrogens (tertiary/aromatic N) is 3. The van der Waals surface area contributed by atoms with Gasteiger partial charge in [0.15, 0.2) is 5.54 Å². The number of rotatable bonds is 3. The van der Waals surface area contributed by atoms with Crippen LogP contribution < -0.4 is 0 Å². The third-order valence-corrected chi connectivity index (χ3v) is 6.54. The average molecular weight is 331 g/mol. The van der Waals surface area contributed by atoms with E-state index in [1.807, 2.05) is 11.8 Å². The number of carboxylic acid groups (broad SMARTS) is 1. The molecule has 130 valence electrons. The quantitative estimate of drug-likeness (QED) is 0.921. The Kier molecular flexibility index (Phi) is 3.48. The Morgan fingerprint density at radius 3 is 2.42 bits per heavy atom. The molecule has 1 aliphatic heterocycles. The molecule has 0 radical (unpaired) electrons. The minimum absolute atomic E-state index is 0.198. The second-order valence-corrected chi connectivity index (χ2v) is 7.95. The summed E-state index contributed by atoms with van der Waals surface area (Å²) in [6.45, 7) is 2.93. The molecule has 1 aromatic rings. The Labute approximate surface area is 141 Å². The normalized spacial score (nSPS) is 27.4. The van der Waals surface area contributed by atoms with Gasteiger partial charge >= 0.3 is 5.97 Å². The molecule has 1 aromatic heterocycles. The highest BCUT2D eigenvalue weighted by molar-refractivity contribution is 5.83. The van der Waals surface area contributed by atoms with Crippen LogP contribution >= 0.6 is 0 Å². The van der Waals surface area contributed by atoms with Crippen molar-refractivity contribution in [1.82, 2.24) is 14.7 Å². The summed E-state index contributed by atoms with van der Waals surface area (Å²) < 4.78 is 1.59. The number of amides is 1. The van der Waals surface area contributed by atoms with Crippen LogP contribution in [0.25, 0.3) is 0 Å². The fourth-order valence-corrected chi connectivity index (χ4v) is 4.83. The van der Waals surface area contributed by atoms with E-state index in [1.165, 1.54) is 25.7 Å². The van der Waals surface area contributed by atoms with Gasteiger partial charge in [-0.05, 0) is 37.2 Å².